The van der Waals surface area contributed by atoms with Gasteiger partial charge in [-0.1, -0.05) is 6.92 Å². The third kappa shape index (κ3) is 3.25. The topological polar surface area (TPSA) is 12.5 Å². The van der Waals surface area contributed by atoms with Crippen molar-refractivity contribution < 1.29 is 4.43 Å². The highest BCUT2D eigenvalue weighted by Gasteiger charge is 2.23. The molecule has 0 amide bonds. The average Bonchev–Trinajstić information content (AvgIpc) is 1.97. The Kier molecular flexibility index (Phi) is 3.74. The number of hydrogen-bond acceptors (Lipinski definition) is 2. The molecule has 0 bridgehead atoms. The van der Waals surface area contributed by atoms with Gasteiger partial charge in [-0.05, 0) is 38.6 Å². The van der Waals surface area contributed by atoms with Gasteiger partial charge in [0.25, 0.3) is 0 Å². The quantitative estimate of drug-likeness (QED) is 0.582. The molecule has 1 heterocycles. The van der Waals surface area contributed by atoms with Gasteiger partial charge in [0.1, 0.15) is 0 Å². The molecule has 2 nitrogen and oxygen atoms in total. The number of hydrogen-bond donors (Lipinski definition) is 0. The Morgan fingerprint density at radius 2 is 2.08 bits per heavy atom. The highest BCUT2D eigenvalue weighted by atomic mass is 28.4. The highest BCUT2D eigenvalue weighted by molar-refractivity contribution is 6.71. The molecule has 3 heteroatoms. The molecule has 0 aromatic heterocycles. The first kappa shape index (κ1) is 10.2. The molecule has 0 aliphatic carbocycles. The van der Waals surface area contributed by atoms with Crippen LogP contribution in [0.5, 0.6) is 0 Å². The molecular formula is C9H21NOSi. The Balaban J connectivity index is 2.34. The Morgan fingerprint density at radius 3 is 2.75 bits per heavy atom. The van der Waals surface area contributed by atoms with E-state index in [1.165, 1.54) is 25.6 Å². The minimum atomic E-state index is -1.24. The zero-order chi connectivity index (χ0) is 9.03. The number of likely N-dealkylation sites (N-methyl/N-ethyl adjacent to an activating group) is 1. The van der Waals surface area contributed by atoms with Gasteiger partial charge < -0.3 is 9.33 Å². The summed E-state index contributed by atoms with van der Waals surface area (Å²) in [5.41, 5.74) is 0. The van der Waals surface area contributed by atoms with Gasteiger partial charge in [0.2, 0.25) is 0 Å². The number of nitrogens with zero attached hydrogens (tertiary/aromatic N) is 1. The van der Waals surface area contributed by atoms with Gasteiger partial charge in [-0.3, -0.25) is 0 Å². The minimum Gasteiger partial charge on any atom is -0.416 e. The van der Waals surface area contributed by atoms with E-state index in [0.717, 1.165) is 13.2 Å². The Hall–Kier alpha value is 0.137. The lowest BCUT2D eigenvalue weighted by Crippen LogP contribution is -2.39. The standard InChI is InChI=1S/C9H21NOSi/c1-4-10-6-5-9-12(2,3)11-8-7-10/h4-9H2,1-3H3. The lowest BCUT2D eigenvalue weighted by molar-refractivity contribution is 0.196. The van der Waals surface area contributed by atoms with E-state index < -0.39 is 8.32 Å². The molecule has 0 aromatic carbocycles. The molecule has 0 radical (unpaired) electrons. The van der Waals surface area contributed by atoms with Crippen LogP contribution in [-0.2, 0) is 4.43 Å². The van der Waals surface area contributed by atoms with Crippen LogP contribution in [0.4, 0.5) is 0 Å². The molecule has 72 valence electrons. The summed E-state index contributed by atoms with van der Waals surface area (Å²) in [4.78, 5) is 2.48. The lowest BCUT2D eigenvalue weighted by atomic mass is 10.4. The fourth-order valence-corrected chi connectivity index (χ4v) is 3.48. The van der Waals surface area contributed by atoms with Crippen LogP contribution >= 0.6 is 0 Å². The molecule has 1 fully saturated rings. The smallest absolute Gasteiger partial charge is 0.186 e. The first-order chi connectivity index (χ1) is 5.64. The summed E-state index contributed by atoms with van der Waals surface area (Å²) in [6.45, 7) is 11.4. The normalized spacial score (nSPS) is 26.2. The molecule has 0 atom stereocenters. The van der Waals surface area contributed by atoms with Crippen molar-refractivity contribution in [2.24, 2.45) is 0 Å². The van der Waals surface area contributed by atoms with Gasteiger partial charge in [-0.15, -0.1) is 0 Å². The molecule has 0 saturated carbocycles. The second kappa shape index (κ2) is 4.39. The van der Waals surface area contributed by atoms with Crippen molar-refractivity contribution in [3.8, 4) is 0 Å². The molecule has 0 spiro atoms. The van der Waals surface area contributed by atoms with E-state index in [1.54, 1.807) is 0 Å². The van der Waals surface area contributed by atoms with Crippen molar-refractivity contribution in [2.75, 3.05) is 26.2 Å². The van der Waals surface area contributed by atoms with Crippen LogP contribution in [0.3, 0.4) is 0 Å². The summed E-state index contributed by atoms with van der Waals surface area (Å²) in [5.74, 6) is 0. The summed E-state index contributed by atoms with van der Waals surface area (Å²) in [6, 6.07) is 1.32. The second-order valence-corrected chi connectivity index (χ2v) is 8.45. The van der Waals surface area contributed by atoms with Crippen LogP contribution in [-0.4, -0.2) is 39.5 Å². The van der Waals surface area contributed by atoms with Gasteiger partial charge in [0, 0.05) is 13.2 Å². The molecule has 0 aromatic rings. The predicted octanol–water partition coefficient (Wildman–Crippen LogP) is 1.93. The van der Waals surface area contributed by atoms with E-state index in [-0.39, 0.29) is 0 Å². The SMILES string of the molecule is CCN1CCC[Si](C)(C)OCC1. The Morgan fingerprint density at radius 1 is 1.33 bits per heavy atom. The van der Waals surface area contributed by atoms with Crippen molar-refractivity contribution >= 4 is 8.32 Å². The monoisotopic (exact) mass is 187 g/mol. The fourth-order valence-electron chi connectivity index (χ4n) is 1.68. The van der Waals surface area contributed by atoms with E-state index in [4.69, 9.17) is 4.43 Å². The van der Waals surface area contributed by atoms with Gasteiger partial charge in [0.05, 0.1) is 0 Å². The Bertz CT molecular complexity index is 126. The highest BCUT2D eigenvalue weighted by Crippen LogP contribution is 2.16. The zero-order valence-electron chi connectivity index (χ0n) is 8.60. The van der Waals surface area contributed by atoms with Crippen LogP contribution in [0.2, 0.25) is 19.1 Å². The van der Waals surface area contributed by atoms with Crippen molar-refractivity contribution in [3.63, 3.8) is 0 Å². The van der Waals surface area contributed by atoms with Crippen LogP contribution < -0.4 is 0 Å². The minimum absolute atomic E-state index is 0.951. The van der Waals surface area contributed by atoms with E-state index in [9.17, 15) is 0 Å². The molecule has 1 aliphatic rings. The van der Waals surface area contributed by atoms with Gasteiger partial charge in [-0.2, -0.15) is 0 Å². The van der Waals surface area contributed by atoms with Crippen molar-refractivity contribution in [1.29, 1.82) is 0 Å². The summed E-state index contributed by atoms with van der Waals surface area (Å²) >= 11 is 0. The lowest BCUT2D eigenvalue weighted by Gasteiger charge is -2.30. The third-order valence-corrected chi connectivity index (χ3v) is 5.14. The maximum Gasteiger partial charge on any atom is 0.186 e. The van der Waals surface area contributed by atoms with Crippen molar-refractivity contribution in [2.45, 2.75) is 32.5 Å². The van der Waals surface area contributed by atoms with E-state index in [0.29, 0.717) is 0 Å². The third-order valence-electron chi connectivity index (χ3n) is 2.60. The largest absolute Gasteiger partial charge is 0.416 e. The molecule has 12 heavy (non-hydrogen) atoms. The van der Waals surface area contributed by atoms with Crippen molar-refractivity contribution in [1.82, 2.24) is 4.90 Å². The summed E-state index contributed by atoms with van der Waals surface area (Å²) in [6.07, 6.45) is 1.33. The molecular weight excluding hydrogens is 166 g/mol. The maximum atomic E-state index is 5.90. The van der Waals surface area contributed by atoms with Crippen LogP contribution in [0.25, 0.3) is 0 Å². The van der Waals surface area contributed by atoms with E-state index in [2.05, 4.69) is 24.9 Å². The fraction of sp³-hybridized carbons (Fsp3) is 1.00. The summed E-state index contributed by atoms with van der Waals surface area (Å²) < 4.78 is 5.90. The summed E-state index contributed by atoms with van der Waals surface area (Å²) in [7, 11) is -1.24. The van der Waals surface area contributed by atoms with Gasteiger partial charge in [-0.25, -0.2) is 0 Å². The van der Waals surface area contributed by atoms with Gasteiger partial charge >= 0.3 is 0 Å². The molecule has 0 N–H and O–H groups in total. The Labute approximate surface area is 77.0 Å². The first-order valence-electron chi connectivity index (χ1n) is 5.00. The molecule has 1 saturated heterocycles. The number of rotatable bonds is 1. The van der Waals surface area contributed by atoms with Crippen LogP contribution in [0.1, 0.15) is 13.3 Å². The molecule has 0 unspecified atom stereocenters. The van der Waals surface area contributed by atoms with E-state index in [1.807, 2.05) is 0 Å². The maximum absolute atomic E-state index is 5.90. The average molecular weight is 187 g/mol. The molecule has 1 aliphatic heterocycles. The van der Waals surface area contributed by atoms with Crippen molar-refractivity contribution in [3.05, 3.63) is 0 Å². The predicted molar refractivity (Wildman–Crippen MR) is 55.0 cm³/mol. The summed E-state index contributed by atoms with van der Waals surface area (Å²) in [5, 5.41) is 0. The molecule has 1 rings (SSSR count). The first-order valence-corrected chi connectivity index (χ1v) is 8.12. The van der Waals surface area contributed by atoms with Crippen LogP contribution in [0, 0.1) is 0 Å². The second-order valence-electron chi connectivity index (χ2n) is 4.15. The van der Waals surface area contributed by atoms with E-state index >= 15 is 0 Å². The zero-order valence-corrected chi connectivity index (χ0v) is 9.60. The van der Waals surface area contributed by atoms with Gasteiger partial charge in [0.15, 0.2) is 8.32 Å². The van der Waals surface area contributed by atoms with Crippen LogP contribution in [0.15, 0.2) is 0 Å².